The van der Waals surface area contributed by atoms with Crippen LogP contribution in [0.2, 0.25) is 0 Å². The Bertz CT molecular complexity index is 777. The Balaban J connectivity index is 2.25. The van der Waals surface area contributed by atoms with Gasteiger partial charge in [-0.25, -0.2) is 4.79 Å². The molecule has 0 bridgehead atoms. The number of urea groups is 1. The number of benzene rings is 1. The Labute approximate surface area is 155 Å². The first-order chi connectivity index (χ1) is 12.3. The molecule has 2 N–H and O–H groups in total. The molecule has 1 aromatic rings. The minimum absolute atomic E-state index is 0.00697. The second kappa shape index (κ2) is 6.86. The van der Waals surface area contributed by atoms with Gasteiger partial charge in [-0.2, -0.15) is 13.2 Å². The molecule has 0 saturated carbocycles. The first kappa shape index (κ1) is 20.7. The van der Waals surface area contributed by atoms with Crippen LogP contribution in [0, 0.1) is 0 Å². The molecule has 4 amide bonds. The molecule has 1 aliphatic heterocycles. The third-order valence-corrected chi connectivity index (χ3v) is 4.71. The Kier molecular flexibility index (Phi) is 5.27. The fourth-order valence-corrected chi connectivity index (χ4v) is 2.69. The highest BCUT2D eigenvalue weighted by Gasteiger charge is 2.50. The maximum atomic E-state index is 13.0. The molecule has 2 rings (SSSR count). The van der Waals surface area contributed by atoms with Gasteiger partial charge in [0.05, 0.1) is 5.56 Å². The van der Waals surface area contributed by atoms with Crippen LogP contribution in [0.1, 0.15) is 45.2 Å². The van der Waals surface area contributed by atoms with Crippen molar-refractivity contribution in [2.24, 2.45) is 0 Å². The SMILES string of the molecule is CCC(C)(C)NC(=O)CN1C(=O)NC(C)(c2cccc(C(F)(F)F)c2)C1=O. The number of hydrogen-bond donors (Lipinski definition) is 2. The van der Waals surface area contributed by atoms with E-state index in [-0.39, 0.29) is 5.56 Å². The Morgan fingerprint density at radius 1 is 1.26 bits per heavy atom. The lowest BCUT2D eigenvalue weighted by atomic mass is 9.90. The van der Waals surface area contributed by atoms with Crippen molar-refractivity contribution >= 4 is 17.8 Å². The number of rotatable bonds is 5. The van der Waals surface area contributed by atoms with Crippen LogP contribution >= 0.6 is 0 Å². The Morgan fingerprint density at radius 3 is 2.44 bits per heavy atom. The zero-order valence-corrected chi connectivity index (χ0v) is 15.5. The molecule has 1 aromatic carbocycles. The summed E-state index contributed by atoms with van der Waals surface area (Å²) < 4.78 is 38.9. The molecule has 9 heteroatoms. The van der Waals surface area contributed by atoms with E-state index < -0.39 is 47.2 Å². The van der Waals surface area contributed by atoms with E-state index in [2.05, 4.69) is 10.6 Å². The van der Waals surface area contributed by atoms with Gasteiger partial charge in [-0.1, -0.05) is 19.1 Å². The topological polar surface area (TPSA) is 78.5 Å². The Hall–Kier alpha value is -2.58. The van der Waals surface area contributed by atoms with Gasteiger partial charge >= 0.3 is 12.2 Å². The van der Waals surface area contributed by atoms with Crippen molar-refractivity contribution in [1.82, 2.24) is 15.5 Å². The molecule has 6 nitrogen and oxygen atoms in total. The van der Waals surface area contributed by atoms with Crippen LogP contribution in [0.25, 0.3) is 0 Å². The molecule has 1 fully saturated rings. The van der Waals surface area contributed by atoms with Crippen molar-refractivity contribution in [2.75, 3.05) is 6.54 Å². The van der Waals surface area contributed by atoms with Crippen molar-refractivity contribution in [3.63, 3.8) is 0 Å². The Morgan fingerprint density at radius 2 is 1.89 bits per heavy atom. The molecule has 0 radical (unpaired) electrons. The first-order valence-corrected chi connectivity index (χ1v) is 8.43. The highest BCUT2D eigenvalue weighted by atomic mass is 19.4. The molecular formula is C18H22F3N3O3. The molecule has 1 atom stereocenters. The second-order valence-corrected chi connectivity index (χ2v) is 7.31. The standard InChI is InChI=1S/C18H22F3N3O3/c1-5-16(2,3)22-13(25)10-24-14(26)17(4,23-15(24)27)11-7-6-8-12(9-11)18(19,20)21/h6-9H,5,10H2,1-4H3,(H,22,25)(H,23,27). The third-order valence-electron chi connectivity index (χ3n) is 4.71. The van der Waals surface area contributed by atoms with Gasteiger partial charge in [-0.15, -0.1) is 0 Å². The van der Waals surface area contributed by atoms with Gasteiger partial charge in [0.1, 0.15) is 12.1 Å². The maximum absolute atomic E-state index is 13.0. The number of carbonyl (C=O) groups excluding carboxylic acids is 3. The van der Waals surface area contributed by atoms with Gasteiger partial charge in [-0.05, 0) is 44.9 Å². The van der Waals surface area contributed by atoms with E-state index in [9.17, 15) is 27.6 Å². The normalized spacial score (nSPS) is 20.6. The molecule has 148 valence electrons. The molecular weight excluding hydrogens is 363 g/mol. The molecule has 1 saturated heterocycles. The van der Waals surface area contributed by atoms with E-state index in [4.69, 9.17) is 0 Å². The van der Waals surface area contributed by atoms with Crippen LogP contribution in [0.15, 0.2) is 24.3 Å². The van der Waals surface area contributed by atoms with E-state index in [0.717, 1.165) is 12.1 Å². The van der Waals surface area contributed by atoms with E-state index in [1.54, 1.807) is 13.8 Å². The van der Waals surface area contributed by atoms with Gasteiger partial charge in [-0.3, -0.25) is 14.5 Å². The predicted octanol–water partition coefficient (Wildman–Crippen LogP) is 2.78. The summed E-state index contributed by atoms with van der Waals surface area (Å²) in [6.45, 7) is 6.27. The van der Waals surface area contributed by atoms with Crippen molar-refractivity contribution in [1.29, 1.82) is 0 Å². The molecule has 0 aromatic heterocycles. The summed E-state index contributed by atoms with van der Waals surface area (Å²) in [6, 6.07) is 3.37. The second-order valence-electron chi connectivity index (χ2n) is 7.31. The van der Waals surface area contributed by atoms with Crippen LogP contribution in [0.3, 0.4) is 0 Å². The summed E-state index contributed by atoms with van der Waals surface area (Å²) in [5.74, 6) is -1.31. The van der Waals surface area contributed by atoms with Gasteiger partial charge < -0.3 is 10.6 Å². The largest absolute Gasteiger partial charge is 0.416 e. The smallest absolute Gasteiger partial charge is 0.350 e. The van der Waals surface area contributed by atoms with Crippen LogP contribution in [-0.2, 0) is 21.3 Å². The fourth-order valence-electron chi connectivity index (χ4n) is 2.69. The number of imide groups is 1. The monoisotopic (exact) mass is 385 g/mol. The lowest BCUT2D eigenvalue weighted by Gasteiger charge is -2.26. The van der Waals surface area contributed by atoms with Crippen molar-refractivity contribution in [3.8, 4) is 0 Å². The van der Waals surface area contributed by atoms with E-state index >= 15 is 0 Å². The number of amides is 4. The lowest BCUT2D eigenvalue weighted by molar-refractivity contribution is -0.138. The summed E-state index contributed by atoms with van der Waals surface area (Å²) in [7, 11) is 0. The van der Waals surface area contributed by atoms with Crippen LogP contribution in [-0.4, -0.2) is 34.8 Å². The lowest BCUT2D eigenvalue weighted by Crippen LogP contribution is -2.49. The van der Waals surface area contributed by atoms with Crippen molar-refractivity contribution < 1.29 is 27.6 Å². The summed E-state index contributed by atoms with van der Waals surface area (Å²) in [4.78, 5) is 37.8. The van der Waals surface area contributed by atoms with Gasteiger partial charge in [0.25, 0.3) is 5.91 Å². The van der Waals surface area contributed by atoms with Crippen LogP contribution < -0.4 is 10.6 Å². The average molecular weight is 385 g/mol. The number of nitrogens with zero attached hydrogens (tertiary/aromatic N) is 1. The minimum atomic E-state index is -4.58. The van der Waals surface area contributed by atoms with Crippen LogP contribution in [0.5, 0.6) is 0 Å². The quantitative estimate of drug-likeness (QED) is 0.765. The van der Waals surface area contributed by atoms with E-state index in [1.165, 1.54) is 19.1 Å². The summed E-state index contributed by atoms with van der Waals surface area (Å²) in [5, 5.41) is 5.11. The molecule has 1 aliphatic rings. The summed E-state index contributed by atoms with van der Waals surface area (Å²) in [5.41, 5.74) is -3.13. The number of carbonyl (C=O) groups is 3. The molecule has 0 aliphatic carbocycles. The molecule has 1 heterocycles. The highest BCUT2D eigenvalue weighted by molar-refractivity contribution is 6.09. The third kappa shape index (κ3) is 4.23. The van der Waals surface area contributed by atoms with Gasteiger partial charge in [0, 0.05) is 5.54 Å². The highest BCUT2D eigenvalue weighted by Crippen LogP contribution is 2.34. The predicted molar refractivity (Wildman–Crippen MR) is 91.6 cm³/mol. The zero-order chi connectivity index (χ0) is 20.6. The number of halogens is 3. The molecule has 27 heavy (non-hydrogen) atoms. The fraction of sp³-hybridized carbons (Fsp3) is 0.500. The molecule has 0 spiro atoms. The first-order valence-electron chi connectivity index (χ1n) is 8.43. The average Bonchev–Trinajstić information content (AvgIpc) is 2.78. The van der Waals surface area contributed by atoms with Crippen molar-refractivity contribution in [2.45, 2.75) is 51.4 Å². The summed E-state index contributed by atoms with van der Waals surface area (Å²) in [6.07, 6.45) is -3.94. The molecule has 1 unspecified atom stereocenters. The number of hydrogen-bond acceptors (Lipinski definition) is 3. The van der Waals surface area contributed by atoms with Gasteiger partial charge in [0.2, 0.25) is 5.91 Å². The number of nitrogens with one attached hydrogen (secondary N) is 2. The maximum Gasteiger partial charge on any atom is 0.416 e. The van der Waals surface area contributed by atoms with E-state index in [1.807, 2.05) is 6.92 Å². The van der Waals surface area contributed by atoms with E-state index in [0.29, 0.717) is 11.3 Å². The van der Waals surface area contributed by atoms with Gasteiger partial charge in [0.15, 0.2) is 0 Å². The number of alkyl halides is 3. The van der Waals surface area contributed by atoms with Crippen molar-refractivity contribution in [3.05, 3.63) is 35.4 Å². The zero-order valence-electron chi connectivity index (χ0n) is 15.5. The van der Waals surface area contributed by atoms with Crippen LogP contribution in [0.4, 0.5) is 18.0 Å². The minimum Gasteiger partial charge on any atom is -0.350 e. The summed E-state index contributed by atoms with van der Waals surface area (Å²) >= 11 is 0.